The lowest BCUT2D eigenvalue weighted by molar-refractivity contribution is 0.101. The van der Waals surface area contributed by atoms with Crippen LogP contribution in [0, 0.1) is 12.7 Å². The van der Waals surface area contributed by atoms with Crippen molar-refractivity contribution in [1.82, 2.24) is 5.16 Å². The van der Waals surface area contributed by atoms with Crippen LogP contribution in [0.5, 0.6) is 0 Å². The maximum Gasteiger partial charge on any atom is 0.278 e. The molecule has 0 aliphatic heterocycles. The van der Waals surface area contributed by atoms with Crippen LogP contribution in [-0.4, -0.2) is 11.1 Å². The molecule has 1 amide bonds. The average molecular weight is 274 g/mol. The van der Waals surface area contributed by atoms with Crippen molar-refractivity contribution in [3.8, 4) is 0 Å². The predicted molar refractivity (Wildman–Crippen MR) is 72.2 cm³/mol. The molecule has 0 saturated carbocycles. The number of fused-ring (bicyclic) bond motifs is 1. The topological polar surface area (TPSA) is 55.1 Å². The van der Waals surface area contributed by atoms with Crippen LogP contribution in [0.15, 0.2) is 22.7 Å². The number of amides is 1. The van der Waals surface area contributed by atoms with E-state index in [1.807, 2.05) is 0 Å². The van der Waals surface area contributed by atoms with Crippen LogP contribution < -0.4 is 5.32 Å². The van der Waals surface area contributed by atoms with Crippen LogP contribution in [0.3, 0.4) is 0 Å². The van der Waals surface area contributed by atoms with Crippen molar-refractivity contribution in [2.45, 2.75) is 32.6 Å². The molecule has 1 aliphatic carbocycles. The Kier molecular flexibility index (Phi) is 3.26. The Hall–Kier alpha value is -2.17. The summed E-state index contributed by atoms with van der Waals surface area (Å²) in [4.78, 5) is 12.2. The summed E-state index contributed by atoms with van der Waals surface area (Å²) in [5.74, 6) is 0.113. The summed E-state index contributed by atoms with van der Waals surface area (Å²) in [7, 11) is 0. The zero-order valence-electron chi connectivity index (χ0n) is 11.2. The molecule has 1 aromatic carbocycles. The fraction of sp³-hybridized carbons (Fsp3) is 0.333. The SMILES string of the molecule is Cc1ccc(NC(=O)c2noc3c2CCCC3)cc1F. The van der Waals surface area contributed by atoms with E-state index in [1.165, 1.54) is 6.07 Å². The highest BCUT2D eigenvalue weighted by molar-refractivity contribution is 6.03. The highest BCUT2D eigenvalue weighted by Gasteiger charge is 2.24. The Bertz CT molecular complexity index is 664. The van der Waals surface area contributed by atoms with Crippen molar-refractivity contribution in [3.05, 3.63) is 46.6 Å². The zero-order valence-corrected chi connectivity index (χ0v) is 11.2. The molecule has 0 radical (unpaired) electrons. The largest absolute Gasteiger partial charge is 0.360 e. The van der Waals surface area contributed by atoms with Gasteiger partial charge in [0, 0.05) is 17.7 Å². The molecule has 1 aliphatic rings. The fourth-order valence-corrected chi connectivity index (χ4v) is 2.42. The van der Waals surface area contributed by atoms with Gasteiger partial charge in [0.15, 0.2) is 5.69 Å². The molecule has 0 saturated heterocycles. The summed E-state index contributed by atoms with van der Waals surface area (Å²) >= 11 is 0. The first-order chi connectivity index (χ1) is 9.65. The van der Waals surface area contributed by atoms with Crippen molar-refractivity contribution in [2.24, 2.45) is 0 Å². The number of aryl methyl sites for hydroxylation is 2. The van der Waals surface area contributed by atoms with E-state index >= 15 is 0 Å². The monoisotopic (exact) mass is 274 g/mol. The molecular weight excluding hydrogens is 259 g/mol. The predicted octanol–water partition coefficient (Wildman–Crippen LogP) is 3.25. The van der Waals surface area contributed by atoms with Gasteiger partial charge in [0.05, 0.1) is 0 Å². The molecule has 5 heteroatoms. The van der Waals surface area contributed by atoms with Gasteiger partial charge in [-0.05, 0) is 43.9 Å². The van der Waals surface area contributed by atoms with Crippen molar-refractivity contribution in [2.75, 3.05) is 5.32 Å². The van der Waals surface area contributed by atoms with E-state index < -0.39 is 0 Å². The lowest BCUT2D eigenvalue weighted by Crippen LogP contribution is -2.15. The minimum Gasteiger partial charge on any atom is -0.360 e. The van der Waals surface area contributed by atoms with Gasteiger partial charge in [-0.3, -0.25) is 4.79 Å². The van der Waals surface area contributed by atoms with E-state index in [9.17, 15) is 9.18 Å². The molecule has 3 rings (SSSR count). The van der Waals surface area contributed by atoms with Crippen molar-refractivity contribution >= 4 is 11.6 Å². The van der Waals surface area contributed by atoms with Crippen LogP contribution in [0.1, 0.15) is 40.2 Å². The van der Waals surface area contributed by atoms with Crippen LogP contribution in [-0.2, 0) is 12.8 Å². The number of halogens is 1. The molecule has 0 fully saturated rings. The summed E-state index contributed by atoms with van der Waals surface area (Å²) in [6.07, 6.45) is 3.73. The first-order valence-electron chi connectivity index (χ1n) is 6.70. The van der Waals surface area contributed by atoms with Crippen molar-refractivity contribution < 1.29 is 13.7 Å². The van der Waals surface area contributed by atoms with E-state index in [2.05, 4.69) is 10.5 Å². The second-order valence-electron chi connectivity index (χ2n) is 5.06. The Morgan fingerprint density at radius 1 is 1.35 bits per heavy atom. The summed E-state index contributed by atoms with van der Waals surface area (Å²) < 4.78 is 18.7. The average Bonchev–Trinajstić information content (AvgIpc) is 2.87. The van der Waals surface area contributed by atoms with Crippen LogP contribution in [0.25, 0.3) is 0 Å². The van der Waals surface area contributed by atoms with Gasteiger partial charge in [-0.25, -0.2) is 4.39 Å². The highest BCUT2D eigenvalue weighted by Crippen LogP contribution is 2.25. The number of benzene rings is 1. The number of hydrogen-bond acceptors (Lipinski definition) is 3. The van der Waals surface area contributed by atoms with Gasteiger partial charge in [-0.1, -0.05) is 11.2 Å². The van der Waals surface area contributed by atoms with Gasteiger partial charge < -0.3 is 9.84 Å². The van der Waals surface area contributed by atoms with E-state index in [-0.39, 0.29) is 11.7 Å². The fourth-order valence-electron chi connectivity index (χ4n) is 2.42. The number of anilines is 1. The number of aromatic nitrogens is 1. The quantitative estimate of drug-likeness (QED) is 0.914. The maximum atomic E-state index is 13.5. The summed E-state index contributed by atoms with van der Waals surface area (Å²) in [6.45, 7) is 1.68. The molecule has 0 bridgehead atoms. The molecule has 104 valence electrons. The van der Waals surface area contributed by atoms with Crippen LogP contribution in [0.4, 0.5) is 10.1 Å². The molecule has 1 heterocycles. The lowest BCUT2D eigenvalue weighted by atomic mass is 9.96. The van der Waals surface area contributed by atoms with Crippen LogP contribution in [0.2, 0.25) is 0 Å². The van der Waals surface area contributed by atoms with Gasteiger partial charge >= 0.3 is 0 Å². The molecule has 0 atom stereocenters. The van der Waals surface area contributed by atoms with Gasteiger partial charge in [-0.2, -0.15) is 0 Å². The minimum atomic E-state index is -0.347. The Labute approximate surface area is 116 Å². The number of hydrogen-bond donors (Lipinski definition) is 1. The lowest BCUT2D eigenvalue weighted by Gasteiger charge is -2.09. The Morgan fingerprint density at radius 2 is 2.15 bits per heavy atom. The second kappa shape index (κ2) is 5.07. The van der Waals surface area contributed by atoms with E-state index in [0.717, 1.165) is 37.0 Å². The summed E-state index contributed by atoms with van der Waals surface area (Å²) in [5.41, 5.74) is 2.18. The van der Waals surface area contributed by atoms with Crippen molar-refractivity contribution in [1.29, 1.82) is 0 Å². The van der Waals surface area contributed by atoms with Gasteiger partial charge in [0.2, 0.25) is 0 Å². The number of nitrogens with zero attached hydrogens (tertiary/aromatic N) is 1. The minimum absolute atomic E-state index is 0.320. The third kappa shape index (κ3) is 2.31. The van der Waals surface area contributed by atoms with Gasteiger partial charge in [0.1, 0.15) is 11.6 Å². The highest BCUT2D eigenvalue weighted by atomic mass is 19.1. The summed E-state index contributed by atoms with van der Waals surface area (Å²) in [6, 6.07) is 4.60. The van der Waals surface area contributed by atoms with Crippen molar-refractivity contribution in [3.63, 3.8) is 0 Å². The molecule has 20 heavy (non-hydrogen) atoms. The number of carbonyl (C=O) groups excluding carboxylic acids is 1. The molecule has 0 spiro atoms. The van der Waals surface area contributed by atoms with Crippen LogP contribution >= 0.6 is 0 Å². The first-order valence-corrected chi connectivity index (χ1v) is 6.70. The Morgan fingerprint density at radius 3 is 2.95 bits per heavy atom. The second-order valence-corrected chi connectivity index (χ2v) is 5.06. The number of carbonyl (C=O) groups is 1. The standard InChI is InChI=1S/C15H15FN2O2/c1-9-6-7-10(8-12(9)16)17-15(19)14-11-4-2-3-5-13(11)20-18-14/h6-8H,2-5H2,1H3,(H,17,19). The van der Waals surface area contributed by atoms with E-state index in [1.54, 1.807) is 19.1 Å². The number of rotatable bonds is 2. The number of nitrogens with one attached hydrogen (secondary N) is 1. The smallest absolute Gasteiger partial charge is 0.278 e. The van der Waals surface area contributed by atoms with E-state index in [0.29, 0.717) is 16.9 Å². The molecular formula is C15H15FN2O2. The third-order valence-electron chi connectivity index (χ3n) is 3.59. The summed E-state index contributed by atoms with van der Waals surface area (Å²) in [5, 5.41) is 6.51. The molecule has 1 N–H and O–H groups in total. The van der Waals surface area contributed by atoms with E-state index in [4.69, 9.17) is 4.52 Å². The molecule has 1 aromatic heterocycles. The Balaban J connectivity index is 1.82. The first kappa shape index (κ1) is 12.8. The normalized spacial score (nSPS) is 13.9. The maximum absolute atomic E-state index is 13.5. The molecule has 4 nitrogen and oxygen atoms in total. The van der Waals surface area contributed by atoms with Gasteiger partial charge in [-0.15, -0.1) is 0 Å². The third-order valence-corrected chi connectivity index (χ3v) is 3.59. The molecule has 2 aromatic rings. The molecule has 0 unspecified atom stereocenters. The zero-order chi connectivity index (χ0) is 14.1. The van der Waals surface area contributed by atoms with Gasteiger partial charge in [0.25, 0.3) is 5.91 Å².